The lowest BCUT2D eigenvalue weighted by Crippen LogP contribution is -3.08. The smallest absolute Gasteiger partial charge is 0.282 e. The molecule has 2 aromatic carbocycles. The SMILES string of the molecule is COc1ccc(Cl)cc1NC(=O)C[NH+](C)Cc1nc(-c2ccccc2)no1. The van der Waals surface area contributed by atoms with Gasteiger partial charge in [-0.15, -0.1) is 0 Å². The van der Waals surface area contributed by atoms with E-state index in [0.717, 1.165) is 10.5 Å². The van der Waals surface area contributed by atoms with Crippen LogP contribution in [-0.2, 0) is 11.3 Å². The average molecular weight is 388 g/mol. The summed E-state index contributed by atoms with van der Waals surface area (Å²) in [5.41, 5.74) is 1.42. The van der Waals surface area contributed by atoms with E-state index in [2.05, 4.69) is 15.5 Å². The number of halogens is 1. The number of nitrogens with zero attached hydrogens (tertiary/aromatic N) is 2. The maximum absolute atomic E-state index is 12.3. The molecule has 0 spiro atoms. The maximum Gasteiger partial charge on any atom is 0.282 e. The third kappa shape index (κ3) is 5.06. The molecule has 0 saturated heterocycles. The van der Waals surface area contributed by atoms with Crippen LogP contribution in [0, 0.1) is 0 Å². The van der Waals surface area contributed by atoms with E-state index in [-0.39, 0.29) is 12.5 Å². The molecule has 7 nitrogen and oxygen atoms in total. The van der Waals surface area contributed by atoms with Gasteiger partial charge in [-0.3, -0.25) is 4.79 Å². The number of anilines is 1. The van der Waals surface area contributed by atoms with Crippen LogP contribution in [0.15, 0.2) is 53.1 Å². The Morgan fingerprint density at radius 1 is 1.26 bits per heavy atom. The largest absolute Gasteiger partial charge is 0.495 e. The lowest BCUT2D eigenvalue weighted by Gasteiger charge is -2.13. The average Bonchev–Trinajstić information content (AvgIpc) is 3.11. The Morgan fingerprint density at radius 2 is 2.04 bits per heavy atom. The second kappa shape index (κ2) is 8.66. The Bertz CT molecular complexity index is 914. The second-order valence-electron chi connectivity index (χ2n) is 6.08. The number of amides is 1. The summed E-state index contributed by atoms with van der Waals surface area (Å²) in [6, 6.07) is 14.6. The summed E-state index contributed by atoms with van der Waals surface area (Å²) in [6.45, 7) is 0.651. The van der Waals surface area contributed by atoms with Crippen molar-refractivity contribution in [1.82, 2.24) is 10.1 Å². The van der Waals surface area contributed by atoms with Crippen molar-refractivity contribution >= 4 is 23.2 Å². The van der Waals surface area contributed by atoms with Crippen molar-refractivity contribution in [3.05, 3.63) is 59.4 Å². The van der Waals surface area contributed by atoms with Gasteiger partial charge in [0.05, 0.1) is 19.8 Å². The first-order valence-electron chi connectivity index (χ1n) is 8.38. The number of benzene rings is 2. The van der Waals surface area contributed by atoms with Crippen LogP contribution in [0.25, 0.3) is 11.4 Å². The molecule has 0 saturated carbocycles. The fourth-order valence-corrected chi connectivity index (χ4v) is 2.77. The topological polar surface area (TPSA) is 81.7 Å². The molecule has 0 aliphatic carbocycles. The molecule has 0 radical (unpaired) electrons. The van der Waals surface area contributed by atoms with E-state index in [4.69, 9.17) is 20.9 Å². The summed E-state index contributed by atoms with van der Waals surface area (Å²) in [5.74, 6) is 1.39. The molecule has 3 aromatic rings. The molecule has 140 valence electrons. The van der Waals surface area contributed by atoms with Crippen LogP contribution in [-0.4, -0.2) is 36.8 Å². The summed E-state index contributed by atoms with van der Waals surface area (Å²) in [7, 11) is 3.41. The summed E-state index contributed by atoms with van der Waals surface area (Å²) in [4.78, 5) is 17.6. The van der Waals surface area contributed by atoms with Gasteiger partial charge in [-0.2, -0.15) is 4.98 Å². The molecule has 3 rings (SSSR count). The molecule has 0 bridgehead atoms. The fourth-order valence-electron chi connectivity index (χ4n) is 2.60. The number of hydrogen-bond donors (Lipinski definition) is 2. The molecule has 1 heterocycles. The first-order chi connectivity index (χ1) is 13.0. The van der Waals surface area contributed by atoms with Crippen LogP contribution in [0.2, 0.25) is 5.02 Å². The van der Waals surface area contributed by atoms with Gasteiger partial charge in [0.2, 0.25) is 5.82 Å². The van der Waals surface area contributed by atoms with Crippen molar-refractivity contribution in [2.24, 2.45) is 0 Å². The first kappa shape index (κ1) is 18.9. The minimum absolute atomic E-state index is 0.170. The normalized spacial score (nSPS) is 11.8. The van der Waals surface area contributed by atoms with Gasteiger partial charge in [0.25, 0.3) is 11.8 Å². The predicted octanol–water partition coefficient (Wildman–Crippen LogP) is 2.05. The number of nitrogens with one attached hydrogen (secondary N) is 2. The molecule has 1 amide bonds. The third-order valence-corrected chi connectivity index (χ3v) is 4.09. The van der Waals surface area contributed by atoms with E-state index in [1.165, 1.54) is 7.11 Å². The number of aromatic nitrogens is 2. The van der Waals surface area contributed by atoms with E-state index >= 15 is 0 Å². The molecule has 8 heteroatoms. The minimum atomic E-state index is -0.170. The van der Waals surface area contributed by atoms with E-state index in [1.807, 2.05) is 37.4 Å². The molecule has 1 atom stereocenters. The van der Waals surface area contributed by atoms with E-state index in [0.29, 0.717) is 34.7 Å². The summed E-state index contributed by atoms with van der Waals surface area (Å²) in [6.07, 6.45) is 0. The van der Waals surface area contributed by atoms with Crippen LogP contribution in [0.5, 0.6) is 5.75 Å². The maximum atomic E-state index is 12.3. The van der Waals surface area contributed by atoms with Crippen LogP contribution < -0.4 is 15.0 Å². The fraction of sp³-hybridized carbons (Fsp3) is 0.211. The number of rotatable bonds is 7. The lowest BCUT2D eigenvalue weighted by molar-refractivity contribution is -0.886. The van der Waals surface area contributed by atoms with Crippen molar-refractivity contribution in [3.8, 4) is 17.1 Å². The number of quaternary nitrogens is 1. The van der Waals surface area contributed by atoms with Crippen molar-refractivity contribution in [3.63, 3.8) is 0 Å². The van der Waals surface area contributed by atoms with Crippen LogP contribution in [0.4, 0.5) is 5.69 Å². The second-order valence-corrected chi connectivity index (χ2v) is 6.52. The molecule has 0 aliphatic heterocycles. The quantitative estimate of drug-likeness (QED) is 0.648. The Kier molecular flexibility index (Phi) is 6.05. The molecular weight excluding hydrogens is 368 g/mol. The highest BCUT2D eigenvalue weighted by Crippen LogP contribution is 2.27. The Morgan fingerprint density at radius 3 is 2.78 bits per heavy atom. The van der Waals surface area contributed by atoms with Crippen molar-refractivity contribution in [2.75, 3.05) is 26.0 Å². The van der Waals surface area contributed by atoms with Crippen molar-refractivity contribution < 1.29 is 19.0 Å². The van der Waals surface area contributed by atoms with Gasteiger partial charge in [-0.05, 0) is 18.2 Å². The Hall–Kier alpha value is -2.90. The van der Waals surface area contributed by atoms with Crippen LogP contribution >= 0.6 is 11.6 Å². The highest BCUT2D eigenvalue weighted by atomic mass is 35.5. The summed E-state index contributed by atoms with van der Waals surface area (Å²) in [5, 5.41) is 7.32. The Balaban J connectivity index is 1.58. The van der Waals surface area contributed by atoms with Gasteiger partial charge in [0.15, 0.2) is 13.1 Å². The van der Waals surface area contributed by atoms with E-state index in [1.54, 1.807) is 18.2 Å². The number of hydrogen-bond acceptors (Lipinski definition) is 5. The van der Waals surface area contributed by atoms with Crippen LogP contribution in [0.3, 0.4) is 0 Å². The number of methoxy groups -OCH3 is 1. The predicted molar refractivity (Wildman–Crippen MR) is 102 cm³/mol. The van der Waals surface area contributed by atoms with Gasteiger partial charge < -0.3 is 19.5 Å². The monoisotopic (exact) mass is 387 g/mol. The summed E-state index contributed by atoms with van der Waals surface area (Å²) >= 11 is 5.98. The summed E-state index contributed by atoms with van der Waals surface area (Å²) < 4.78 is 10.5. The molecule has 1 unspecified atom stereocenters. The number of ether oxygens (including phenoxy) is 1. The van der Waals surface area contributed by atoms with Crippen molar-refractivity contribution in [2.45, 2.75) is 6.54 Å². The van der Waals surface area contributed by atoms with Crippen LogP contribution in [0.1, 0.15) is 5.89 Å². The molecule has 27 heavy (non-hydrogen) atoms. The number of carbonyl (C=O) groups is 1. The number of likely N-dealkylation sites (N-methyl/N-ethyl adjacent to an activating group) is 1. The zero-order valence-electron chi connectivity index (χ0n) is 15.0. The van der Waals surface area contributed by atoms with Gasteiger partial charge >= 0.3 is 0 Å². The molecule has 1 aromatic heterocycles. The van der Waals surface area contributed by atoms with Gasteiger partial charge in [0, 0.05) is 10.6 Å². The Labute approximate surface area is 161 Å². The molecule has 2 N–H and O–H groups in total. The van der Waals surface area contributed by atoms with Gasteiger partial charge in [-0.25, -0.2) is 0 Å². The molecular formula is C19H20ClN4O3+. The van der Waals surface area contributed by atoms with E-state index < -0.39 is 0 Å². The van der Waals surface area contributed by atoms with Gasteiger partial charge in [-0.1, -0.05) is 47.1 Å². The van der Waals surface area contributed by atoms with E-state index in [9.17, 15) is 4.79 Å². The number of carbonyl (C=O) groups excluding carboxylic acids is 1. The zero-order valence-corrected chi connectivity index (χ0v) is 15.8. The van der Waals surface area contributed by atoms with Gasteiger partial charge in [0.1, 0.15) is 5.75 Å². The minimum Gasteiger partial charge on any atom is -0.495 e. The zero-order chi connectivity index (χ0) is 19.2. The lowest BCUT2D eigenvalue weighted by atomic mass is 10.2. The highest BCUT2D eigenvalue weighted by molar-refractivity contribution is 6.31. The molecule has 0 fully saturated rings. The van der Waals surface area contributed by atoms with Crippen molar-refractivity contribution in [1.29, 1.82) is 0 Å². The molecule has 0 aliphatic rings. The first-order valence-corrected chi connectivity index (χ1v) is 8.75. The third-order valence-electron chi connectivity index (χ3n) is 3.85. The standard InChI is InChI=1S/C19H19ClN4O3/c1-24(11-17(25)21-15-10-14(20)8-9-16(15)26-2)12-18-22-19(23-27-18)13-6-4-3-5-7-13/h3-10H,11-12H2,1-2H3,(H,21,25)/p+1. The highest BCUT2D eigenvalue weighted by Gasteiger charge is 2.17.